The molecular formula is C11H12F2O2. The van der Waals surface area contributed by atoms with Gasteiger partial charge in [0.1, 0.15) is 5.60 Å². The van der Waals surface area contributed by atoms with E-state index in [1.807, 2.05) is 0 Å². The maximum absolute atomic E-state index is 13.0. The molecule has 1 fully saturated rings. The topological polar surface area (TPSA) is 29.5 Å². The lowest BCUT2D eigenvalue weighted by atomic mass is 9.88. The van der Waals surface area contributed by atoms with Gasteiger partial charge in [-0.2, -0.15) is 0 Å². The molecule has 1 saturated heterocycles. The summed E-state index contributed by atoms with van der Waals surface area (Å²) in [5.74, 6) is -1.85. The Balaban J connectivity index is 2.40. The highest BCUT2D eigenvalue weighted by Gasteiger charge is 2.41. The summed E-state index contributed by atoms with van der Waals surface area (Å²) in [4.78, 5) is 0. The van der Waals surface area contributed by atoms with Gasteiger partial charge in [-0.05, 0) is 24.6 Å². The molecule has 0 amide bonds. The van der Waals surface area contributed by atoms with Crippen molar-refractivity contribution < 1.29 is 18.6 Å². The van der Waals surface area contributed by atoms with Gasteiger partial charge in [0.25, 0.3) is 0 Å². The molecule has 0 bridgehead atoms. The number of benzene rings is 1. The van der Waals surface area contributed by atoms with Gasteiger partial charge in [-0.25, -0.2) is 8.78 Å². The lowest BCUT2D eigenvalue weighted by Crippen LogP contribution is -2.33. The summed E-state index contributed by atoms with van der Waals surface area (Å²) in [5.41, 5.74) is -0.833. The second-order valence-corrected chi connectivity index (χ2v) is 3.82. The van der Waals surface area contributed by atoms with E-state index >= 15 is 0 Å². The minimum Gasteiger partial charge on any atom is -0.382 e. The molecule has 2 atom stereocenters. The molecule has 0 radical (unpaired) electrons. The zero-order valence-corrected chi connectivity index (χ0v) is 8.34. The summed E-state index contributed by atoms with van der Waals surface area (Å²) in [7, 11) is 0. The number of rotatable bonds is 1. The fourth-order valence-corrected chi connectivity index (χ4v) is 1.88. The Labute approximate surface area is 86.5 Å². The summed E-state index contributed by atoms with van der Waals surface area (Å²) < 4.78 is 30.9. The van der Waals surface area contributed by atoms with Crippen LogP contribution in [-0.2, 0) is 10.3 Å². The summed E-state index contributed by atoms with van der Waals surface area (Å²) in [6.45, 7) is 2.14. The first-order valence-electron chi connectivity index (χ1n) is 4.83. The molecule has 0 saturated carbocycles. The number of aliphatic hydroxyl groups is 1. The normalized spacial score (nSPS) is 30.8. The van der Waals surface area contributed by atoms with Gasteiger partial charge >= 0.3 is 0 Å². The van der Waals surface area contributed by atoms with E-state index in [-0.39, 0.29) is 0 Å². The van der Waals surface area contributed by atoms with Crippen molar-refractivity contribution >= 4 is 0 Å². The third kappa shape index (κ3) is 1.64. The highest BCUT2D eigenvalue weighted by Crippen LogP contribution is 2.36. The molecule has 15 heavy (non-hydrogen) atoms. The van der Waals surface area contributed by atoms with Gasteiger partial charge in [0.15, 0.2) is 11.6 Å². The molecule has 1 aliphatic rings. The molecule has 1 heterocycles. The van der Waals surface area contributed by atoms with Crippen molar-refractivity contribution in [3.8, 4) is 0 Å². The summed E-state index contributed by atoms with van der Waals surface area (Å²) in [6.07, 6.45) is 0.00143. The predicted octanol–water partition coefficient (Wildman–Crippen LogP) is 1.96. The van der Waals surface area contributed by atoms with Crippen LogP contribution in [0.25, 0.3) is 0 Å². The van der Waals surface area contributed by atoms with E-state index in [2.05, 4.69) is 0 Å². The Kier molecular flexibility index (Phi) is 2.48. The minimum atomic E-state index is -1.20. The lowest BCUT2D eigenvalue weighted by Gasteiger charge is -2.26. The minimum absolute atomic E-state index is 0.367. The van der Waals surface area contributed by atoms with Gasteiger partial charge in [-0.15, -0.1) is 0 Å². The Morgan fingerprint density at radius 2 is 2.13 bits per heavy atom. The van der Waals surface area contributed by atoms with Crippen LogP contribution in [0.1, 0.15) is 18.9 Å². The van der Waals surface area contributed by atoms with Crippen LogP contribution < -0.4 is 0 Å². The fraction of sp³-hybridized carbons (Fsp3) is 0.455. The molecule has 2 nitrogen and oxygen atoms in total. The number of halogens is 2. The molecule has 2 rings (SSSR count). The largest absolute Gasteiger partial charge is 0.382 e. The molecule has 1 N–H and O–H groups in total. The summed E-state index contributed by atoms with van der Waals surface area (Å²) in [6, 6.07) is 3.44. The average Bonchev–Trinajstić information content (AvgIpc) is 2.53. The lowest BCUT2D eigenvalue weighted by molar-refractivity contribution is -0.0319. The van der Waals surface area contributed by atoms with Crippen molar-refractivity contribution in [2.45, 2.75) is 25.0 Å². The number of hydrogen-bond donors (Lipinski definition) is 1. The maximum atomic E-state index is 13.0. The Morgan fingerprint density at radius 3 is 2.67 bits per heavy atom. The molecular weight excluding hydrogens is 202 g/mol. The smallest absolute Gasteiger partial charge is 0.159 e. The third-order valence-electron chi connectivity index (χ3n) is 2.94. The fourth-order valence-electron chi connectivity index (χ4n) is 1.88. The van der Waals surface area contributed by atoms with E-state index < -0.39 is 23.3 Å². The van der Waals surface area contributed by atoms with Crippen molar-refractivity contribution in [3.63, 3.8) is 0 Å². The van der Waals surface area contributed by atoms with Gasteiger partial charge in [0.2, 0.25) is 0 Å². The van der Waals surface area contributed by atoms with Crippen molar-refractivity contribution in [2.24, 2.45) is 0 Å². The predicted molar refractivity (Wildman–Crippen MR) is 50.3 cm³/mol. The first kappa shape index (κ1) is 10.5. The third-order valence-corrected chi connectivity index (χ3v) is 2.94. The van der Waals surface area contributed by atoms with Gasteiger partial charge in [-0.1, -0.05) is 6.07 Å². The van der Waals surface area contributed by atoms with Crippen LogP contribution in [0.3, 0.4) is 0 Å². The zero-order valence-electron chi connectivity index (χ0n) is 8.34. The molecule has 0 spiro atoms. The second-order valence-electron chi connectivity index (χ2n) is 3.82. The van der Waals surface area contributed by atoms with Gasteiger partial charge in [0.05, 0.1) is 12.7 Å². The first-order valence-corrected chi connectivity index (χ1v) is 4.83. The highest BCUT2D eigenvalue weighted by atomic mass is 19.2. The average molecular weight is 214 g/mol. The van der Waals surface area contributed by atoms with E-state index in [4.69, 9.17) is 4.74 Å². The first-order chi connectivity index (χ1) is 7.04. The molecule has 1 aliphatic heterocycles. The SMILES string of the molecule is CC1OCCC1(O)c1ccc(F)c(F)c1. The number of ether oxygens (including phenoxy) is 1. The Morgan fingerprint density at radius 1 is 1.40 bits per heavy atom. The van der Waals surface area contributed by atoms with Gasteiger partial charge in [0, 0.05) is 6.42 Å². The van der Waals surface area contributed by atoms with Crippen LogP contribution in [-0.4, -0.2) is 17.8 Å². The quantitative estimate of drug-likeness (QED) is 0.774. The summed E-state index contributed by atoms with van der Waals surface area (Å²) >= 11 is 0. The molecule has 2 unspecified atom stereocenters. The van der Waals surface area contributed by atoms with Crippen LogP contribution in [0.2, 0.25) is 0 Å². The maximum Gasteiger partial charge on any atom is 0.159 e. The van der Waals surface area contributed by atoms with E-state index in [9.17, 15) is 13.9 Å². The molecule has 4 heteroatoms. The molecule has 1 aromatic rings. The monoisotopic (exact) mass is 214 g/mol. The van der Waals surface area contributed by atoms with E-state index in [1.54, 1.807) is 6.92 Å². The Bertz CT molecular complexity index is 381. The zero-order chi connectivity index (χ0) is 11.1. The van der Waals surface area contributed by atoms with Crippen molar-refractivity contribution in [2.75, 3.05) is 6.61 Å². The van der Waals surface area contributed by atoms with Crippen LogP contribution in [0.4, 0.5) is 8.78 Å². The van der Waals surface area contributed by atoms with Crippen LogP contribution in [0.5, 0.6) is 0 Å². The van der Waals surface area contributed by atoms with E-state index in [1.165, 1.54) is 6.07 Å². The van der Waals surface area contributed by atoms with Crippen LogP contribution >= 0.6 is 0 Å². The summed E-state index contributed by atoms with van der Waals surface area (Å²) in [5, 5.41) is 10.2. The van der Waals surface area contributed by atoms with Crippen LogP contribution in [0, 0.1) is 11.6 Å². The molecule has 0 aliphatic carbocycles. The van der Waals surface area contributed by atoms with Gasteiger partial charge < -0.3 is 9.84 Å². The van der Waals surface area contributed by atoms with Crippen molar-refractivity contribution in [1.82, 2.24) is 0 Å². The van der Waals surface area contributed by atoms with Crippen LogP contribution in [0.15, 0.2) is 18.2 Å². The van der Waals surface area contributed by atoms with E-state index in [0.717, 1.165) is 12.1 Å². The second kappa shape index (κ2) is 3.54. The molecule has 0 aromatic heterocycles. The van der Waals surface area contributed by atoms with Gasteiger partial charge in [-0.3, -0.25) is 0 Å². The highest BCUT2D eigenvalue weighted by molar-refractivity contribution is 5.26. The molecule has 1 aromatic carbocycles. The van der Waals surface area contributed by atoms with Crippen molar-refractivity contribution in [3.05, 3.63) is 35.4 Å². The van der Waals surface area contributed by atoms with E-state index in [0.29, 0.717) is 18.6 Å². The van der Waals surface area contributed by atoms with Crippen molar-refractivity contribution in [1.29, 1.82) is 0 Å². The Hall–Kier alpha value is -1.00. The number of hydrogen-bond acceptors (Lipinski definition) is 2. The molecule has 82 valence electrons. The standard InChI is InChI=1S/C11H12F2O2/c1-7-11(14,4-5-15-7)8-2-3-9(12)10(13)6-8/h2-3,6-7,14H,4-5H2,1H3.